The van der Waals surface area contributed by atoms with E-state index in [-0.39, 0.29) is 0 Å². The van der Waals surface area contributed by atoms with Crippen LogP contribution in [0.2, 0.25) is 0 Å². The molecule has 3 heterocycles. The summed E-state index contributed by atoms with van der Waals surface area (Å²) in [5.74, 6) is 1.83. The summed E-state index contributed by atoms with van der Waals surface area (Å²) in [6, 6.07) is 7.12. The van der Waals surface area contributed by atoms with Crippen LogP contribution in [0.1, 0.15) is 48.7 Å². The number of rotatable bonds is 6. The van der Waals surface area contributed by atoms with Crippen molar-refractivity contribution in [3.63, 3.8) is 0 Å². The second-order valence-electron chi connectivity index (χ2n) is 7.57. The summed E-state index contributed by atoms with van der Waals surface area (Å²) in [5, 5.41) is 8.76. The highest BCUT2D eigenvalue weighted by Crippen LogP contribution is 2.35. The standard InChI is InChI=1S/C21H24N4O3/c1-14(2)12-25-19(16-7-9-27-10-8-16)18(11-22-25)21-23-20(24-28-21)17-5-3-15(13-26)4-6-17/h3-6,11,13-14,16H,7-10,12H2,1-2H3. The third-order valence-corrected chi connectivity index (χ3v) is 4.99. The summed E-state index contributed by atoms with van der Waals surface area (Å²) in [5.41, 5.74) is 3.48. The van der Waals surface area contributed by atoms with E-state index in [0.29, 0.717) is 29.1 Å². The Bertz CT molecular complexity index is 937. The van der Waals surface area contributed by atoms with Gasteiger partial charge >= 0.3 is 0 Å². The maximum absolute atomic E-state index is 10.8. The van der Waals surface area contributed by atoms with Crippen molar-refractivity contribution < 1.29 is 14.1 Å². The molecule has 146 valence electrons. The average Bonchev–Trinajstić information content (AvgIpc) is 3.35. The average molecular weight is 380 g/mol. The fourth-order valence-electron chi connectivity index (χ4n) is 3.61. The number of hydrogen-bond acceptors (Lipinski definition) is 6. The minimum Gasteiger partial charge on any atom is -0.381 e. The van der Waals surface area contributed by atoms with Gasteiger partial charge in [0.15, 0.2) is 0 Å². The zero-order valence-corrected chi connectivity index (χ0v) is 16.2. The Hall–Kier alpha value is -2.80. The van der Waals surface area contributed by atoms with E-state index in [1.165, 1.54) is 0 Å². The lowest BCUT2D eigenvalue weighted by Gasteiger charge is -2.24. The zero-order valence-electron chi connectivity index (χ0n) is 16.2. The van der Waals surface area contributed by atoms with E-state index < -0.39 is 0 Å². The Labute approximate surface area is 163 Å². The summed E-state index contributed by atoms with van der Waals surface area (Å²) in [4.78, 5) is 15.4. The van der Waals surface area contributed by atoms with Gasteiger partial charge in [0.25, 0.3) is 5.89 Å². The molecule has 1 saturated heterocycles. The molecule has 4 rings (SSSR count). The number of benzene rings is 1. The van der Waals surface area contributed by atoms with Crippen LogP contribution < -0.4 is 0 Å². The second kappa shape index (κ2) is 8.06. The molecule has 7 nitrogen and oxygen atoms in total. The molecule has 0 aliphatic carbocycles. The van der Waals surface area contributed by atoms with Crippen LogP contribution in [0.5, 0.6) is 0 Å². The summed E-state index contributed by atoms with van der Waals surface area (Å²) in [7, 11) is 0. The first-order valence-corrected chi connectivity index (χ1v) is 9.69. The van der Waals surface area contributed by atoms with E-state index in [9.17, 15) is 4.79 Å². The molecule has 0 saturated carbocycles. The first-order valence-electron chi connectivity index (χ1n) is 9.69. The molecule has 0 amide bonds. The molecule has 0 radical (unpaired) electrons. The summed E-state index contributed by atoms with van der Waals surface area (Å²) in [6.45, 7) is 6.73. The van der Waals surface area contributed by atoms with Gasteiger partial charge in [0.05, 0.1) is 17.5 Å². The van der Waals surface area contributed by atoms with Crippen molar-refractivity contribution in [2.45, 2.75) is 39.2 Å². The highest BCUT2D eigenvalue weighted by molar-refractivity contribution is 5.76. The molecule has 1 aromatic carbocycles. The smallest absolute Gasteiger partial charge is 0.261 e. The Kier molecular flexibility index (Phi) is 5.34. The van der Waals surface area contributed by atoms with Crippen molar-refractivity contribution in [1.29, 1.82) is 0 Å². The van der Waals surface area contributed by atoms with Gasteiger partial charge < -0.3 is 9.26 Å². The van der Waals surface area contributed by atoms with Gasteiger partial charge in [-0.3, -0.25) is 9.48 Å². The minimum absolute atomic E-state index is 0.368. The number of nitrogens with zero attached hydrogens (tertiary/aromatic N) is 4. The summed E-state index contributed by atoms with van der Waals surface area (Å²) < 4.78 is 13.2. The van der Waals surface area contributed by atoms with Crippen molar-refractivity contribution in [2.24, 2.45) is 5.92 Å². The van der Waals surface area contributed by atoms with E-state index >= 15 is 0 Å². The van der Waals surface area contributed by atoms with Crippen LogP contribution in [-0.4, -0.2) is 39.4 Å². The molecule has 1 fully saturated rings. The Morgan fingerprint density at radius 2 is 1.96 bits per heavy atom. The van der Waals surface area contributed by atoms with Gasteiger partial charge in [-0.15, -0.1) is 0 Å². The summed E-state index contributed by atoms with van der Waals surface area (Å²) in [6.07, 6.45) is 4.57. The van der Waals surface area contributed by atoms with Gasteiger partial charge in [0.1, 0.15) is 6.29 Å². The molecule has 1 aliphatic heterocycles. The number of hydrogen-bond donors (Lipinski definition) is 0. The van der Waals surface area contributed by atoms with Gasteiger partial charge in [0.2, 0.25) is 5.82 Å². The van der Waals surface area contributed by atoms with E-state index in [1.807, 2.05) is 18.3 Å². The van der Waals surface area contributed by atoms with Crippen molar-refractivity contribution in [3.05, 3.63) is 41.7 Å². The molecule has 28 heavy (non-hydrogen) atoms. The minimum atomic E-state index is 0.368. The van der Waals surface area contributed by atoms with Crippen LogP contribution in [0.25, 0.3) is 22.8 Å². The van der Waals surface area contributed by atoms with Crippen molar-refractivity contribution >= 4 is 6.29 Å². The predicted octanol–water partition coefficient (Wildman–Crippen LogP) is 3.96. The lowest BCUT2D eigenvalue weighted by Crippen LogP contribution is -2.19. The fourth-order valence-corrected chi connectivity index (χ4v) is 3.61. The van der Waals surface area contributed by atoms with Gasteiger partial charge in [-0.05, 0) is 18.8 Å². The first-order chi connectivity index (χ1) is 13.7. The largest absolute Gasteiger partial charge is 0.381 e. The number of aromatic nitrogens is 4. The Morgan fingerprint density at radius 1 is 1.21 bits per heavy atom. The molecular formula is C21H24N4O3. The van der Waals surface area contributed by atoms with Crippen LogP contribution in [-0.2, 0) is 11.3 Å². The van der Waals surface area contributed by atoms with Crippen molar-refractivity contribution in [3.8, 4) is 22.8 Å². The summed E-state index contributed by atoms with van der Waals surface area (Å²) >= 11 is 0. The molecule has 0 spiro atoms. The molecule has 7 heteroatoms. The molecule has 2 aromatic heterocycles. The maximum Gasteiger partial charge on any atom is 0.261 e. The highest BCUT2D eigenvalue weighted by Gasteiger charge is 2.27. The normalized spacial score (nSPS) is 15.2. The van der Waals surface area contributed by atoms with Crippen LogP contribution in [0.3, 0.4) is 0 Å². The number of ether oxygens (including phenoxy) is 1. The molecule has 1 aliphatic rings. The number of aldehydes is 1. The number of carbonyl (C=O) groups is 1. The molecular weight excluding hydrogens is 356 g/mol. The van der Waals surface area contributed by atoms with Crippen LogP contribution in [0.15, 0.2) is 35.0 Å². The lowest BCUT2D eigenvalue weighted by molar-refractivity contribution is 0.0834. The number of carbonyl (C=O) groups excluding carboxylic acids is 1. The van der Waals surface area contributed by atoms with Crippen molar-refractivity contribution in [2.75, 3.05) is 13.2 Å². The molecule has 0 N–H and O–H groups in total. The van der Waals surface area contributed by atoms with Crippen molar-refractivity contribution in [1.82, 2.24) is 19.9 Å². The van der Waals surface area contributed by atoms with E-state index in [4.69, 9.17) is 9.26 Å². The van der Waals surface area contributed by atoms with Gasteiger partial charge in [-0.2, -0.15) is 10.1 Å². The van der Waals surface area contributed by atoms with Gasteiger partial charge in [-0.1, -0.05) is 43.3 Å². The Morgan fingerprint density at radius 3 is 2.64 bits per heavy atom. The van der Waals surface area contributed by atoms with E-state index in [0.717, 1.165) is 55.7 Å². The SMILES string of the molecule is CC(C)Cn1ncc(-c2nc(-c3ccc(C=O)cc3)no2)c1C1CCOCC1. The lowest BCUT2D eigenvalue weighted by atomic mass is 9.93. The molecule has 3 aromatic rings. The monoisotopic (exact) mass is 380 g/mol. The maximum atomic E-state index is 10.8. The Balaban J connectivity index is 1.69. The second-order valence-corrected chi connectivity index (χ2v) is 7.57. The zero-order chi connectivity index (χ0) is 19.5. The highest BCUT2D eigenvalue weighted by atomic mass is 16.5. The topological polar surface area (TPSA) is 83.0 Å². The predicted molar refractivity (Wildman–Crippen MR) is 104 cm³/mol. The molecule has 0 bridgehead atoms. The quantitative estimate of drug-likeness (QED) is 0.602. The third-order valence-electron chi connectivity index (χ3n) is 4.99. The van der Waals surface area contributed by atoms with E-state index in [1.54, 1.807) is 12.1 Å². The van der Waals surface area contributed by atoms with Crippen LogP contribution in [0.4, 0.5) is 0 Å². The molecule has 0 atom stereocenters. The fraction of sp³-hybridized carbons (Fsp3) is 0.429. The van der Waals surface area contributed by atoms with Crippen LogP contribution in [0, 0.1) is 5.92 Å². The molecule has 0 unspecified atom stereocenters. The van der Waals surface area contributed by atoms with E-state index in [2.05, 4.69) is 33.8 Å². The third kappa shape index (κ3) is 3.75. The first kappa shape index (κ1) is 18.6. The van der Waals surface area contributed by atoms with Gasteiger partial charge in [0, 0.05) is 36.8 Å². The van der Waals surface area contributed by atoms with Crippen LogP contribution >= 0.6 is 0 Å². The van der Waals surface area contributed by atoms with Gasteiger partial charge in [-0.25, -0.2) is 0 Å².